The number of rotatable bonds is 39. The molecule has 0 aromatic carbocycles. The van der Waals surface area contributed by atoms with E-state index in [0.717, 1.165) is 64.2 Å². The van der Waals surface area contributed by atoms with Crippen LogP contribution in [-0.4, -0.2) is 52.8 Å². The molecular formula is C43H77O9P. The summed E-state index contributed by atoms with van der Waals surface area (Å²) < 4.78 is 26.3. The molecule has 53 heavy (non-hydrogen) atoms. The minimum absolute atomic E-state index is 0.182. The summed E-state index contributed by atoms with van der Waals surface area (Å²) in [6.45, 7) is 1.66. The molecule has 10 heteroatoms. The molecule has 9 nitrogen and oxygen atoms in total. The van der Waals surface area contributed by atoms with Gasteiger partial charge in [0, 0.05) is 19.4 Å². The zero-order valence-corrected chi connectivity index (χ0v) is 34.2. The van der Waals surface area contributed by atoms with Crippen LogP contribution in [0.15, 0.2) is 48.6 Å². The SMILES string of the molecule is CCCCCCCCCCCCCCCCCCCC(=O)O[C@H](COC(=O)CCC/C=C\C/C=C\C/C=C\C/C=C\CCCCCO)COP(=O)(O)O. The summed E-state index contributed by atoms with van der Waals surface area (Å²) in [6.07, 6.45) is 45.6. The molecule has 0 aliphatic heterocycles. The molecule has 0 unspecified atom stereocenters. The third kappa shape index (κ3) is 42.6. The molecule has 0 aromatic heterocycles. The molecule has 0 fully saturated rings. The van der Waals surface area contributed by atoms with Gasteiger partial charge in [0.2, 0.25) is 0 Å². The highest BCUT2D eigenvalue weighted by Gasteiger charge is 2.22. The van der Waals surface area contributed by atoms with Gasteiger partial charge in [-0.05, 0) is 57.8 Å². The lowest BCUT2D eigenvalue weighted by Crippen LogP contribution is -2.29. The summed E-state index contributed by atoms with van der Waals surface area (Å²) in [7, 11) is -4.77. The molecule has 0 aliphatic rings. The van der Waals surface area contributed by atoms with Crippen molar-refractivity contribution >= 4 is 19.8 Å². The zero-order chi connectivity index (χ0) is 38.9. The Balaban J connectivity index is 3.99. The Morgan fingerprint density at radius 1 is 0.528 bits per heavy atom. The maximum Gasteiger partial charge on any atom is 0.469 e. The monoisotopic (exact) mass is 769 g/mol. The molecular weight excluding hydrogens is 691 g/mol. The van der Waals surface area contributed by atoms with Gasteiger partial charge in [-0.15, -0.1) is 0 Å². The van der Waals surface area contributed by atoms with E-state index in [4.69, 9.17) is 24.4 Å². The number of esters is 2. The minimum Gasteiger partial charge on any atom is -0.462 e. The Hall–Kier alpha value is -2.03. The van der Waals surface area contributed by atoms with Crippen LogP contribution in [0.1, 0.15) is 187 Å². The molecule has 0 heterocycles. The normalized spacial score (nSPS) is 12.9. The average molecular weight is 769 g/mol. The minimum atomic E-state index is -4.77. The van der Waals surface area contributed by atoms with Crippen molar-refractivity contribution in [1.29, 1.82) is 0 Å². The van der Waals surface area contributed by atoms with Crippen LogP contribution in [0.3, 0.4) is 0 Å². The van der Waals surface area contributed by atoms with Crippen molar-refractivity contribution in [3.05, 3.63) is 48.6 Å². The molecule has 1 atom stereocenters. The quantitative estimate of drug-likeness (QED) is 0.0241. The molecule has 0 bridgehead atoms. The van der Waals surface area contributed by atoms with Crippen LogP contribution in [0.2, 0.25) is 0 Å². The number of aliphatic hydroxyl groups excluding tert-OH is 1. The topological polar surface area (TPSA) is 140 Å². The first kappa shape index (κ1) is 51.0. The fraction of sp³-hybridized carbons (Fsp3) is 0.767. The summed E-state index contributed by atoms with van der Waals surface area (Å²) in [5.41, 5.74) is 0. The van der Waals surface area contributed by atoms with E-state index in [9.17, 15) is 14.2 Å². The predicted molar refractivity (Wildman–Crippen MR) is 217 cm³/mol. The van der Waals surface area contributed by atoms with Gasteiger partial charge in [0.05, 0.1) is 6.61 Å². The van der Waals surface area contributed by atoms with E-state index in [-0.39, 0.29) is 26.1 Å². The molecule has 0 aliphatic carbocycles. The van der Waals surface area contributed by atoms with Crippen LogP contribution < -0.4 is 0 Å². The number of phosphoric ester groups is 1. The van der Waals surface area contributed by atoms with Crippen LogP contribution in [0.4, 0.5) is 0 Å². The second kappa shape index (κ2) is 39.7. The molecule has 0 amide bonds. The highest BCUT2D eigenvalue weighted by Crippen LogP contribution is 2.36. The largest absolute Gasteiger partial charge is 0.469 e. The maximum atomic E-state index is 12.4. The van der Waals surface area contributed by atoms with E-state index >= 15 is 0 Å². The Bertz CT molecular complexity index is 1000. The van der Waals surface area contributed by atoms with Gasteiger partial charge in [-0.25, -0.2) is 4.57 Å². The molecule has 0 aromatic rings. The molecule has 3 N–H and O–H groups in total. The van der Waals surface area contributed by atoms with E-state index in [1.807, 2.05) is 6.08 Å². The summed E-state index contributed by atoms with van der Waals surface area (Å²) in [6, 6.07) is 0. The summed E-state index contributed by atoms with van der Waals surface area (Å²) >= 11 is 0. The smallest absolute Gasteiger partial charge is 0.462 e. The Morgan fingerprint density at radius 3 is 1.42 bits per heavy atom. The lowest BCUT2D eigenvalue weighted by atomic mass is 10.0. The number of hydrogen-bond donors (Lipinski definition) is 3. The summed E-state index contributed by atoms with van der Waals surface area (Å²) in [4.78, 5) is 42.8. The van der Waals surface area contributed by atoms with E-state index in [0.29, 0.717) is 19.3 Å². The van der Waals surface area contributed by atoms with Crippen LogP contribution in [-0.2, 0) is 28.2 Å². The van der Waals surface area contributed by atoms with E-state index in [1.54, 1.807) is 0 Å². The van der Waals surface area contributed by atoms with Crippen molar-refractivity contribution in [2.45, 2.75) is 193 Å². The molecule has 0 rings (SSSR count). The lowest BCUT2D eigenvalue weighted by molar-refractivity contribution is -0.161. The first-order valence-electron chi connectivity index (χ1n) is 21.0. The average Bonchev–Trinajstić information content (AvgIpc) is 3.13. The van der Waals surface area contributed by atoms with Crippen molar-refractivity contribution in [2.24, 2.45) is 0 Å². The summed E-state index contributed by atoms with van der Waals surface area (Å²) in [5.74, 6) is -0.960. The van der Waals surface area contributed by atoms with Crippen molar-refractivity contribution in [3.63, 3.8) is 0 Å². The zero-order valence-electron chi connectivity index (χ0n) is 33.4. The van der Waals surface area contributed by atoms with Crippen LogP contribution in [0.25, 0.3) is 0 Å². The number of aliphatic hydroxyl groups is 1. The van der Waals surface area contributed by atoms with E-state index in [1.165, 1.54) is 83.5 Å². The Morgan fingerprint density at radius 2 is 0.943 bits per heavy atom. The number of carbonyl (C=O) groups is 2. The number of unbranched alkanes of at least 4 members (excludes halogenated alkanes) is 20. The van der Waals surface area contributed by atoms with Gasteiger partial charge in [0.25, 0.3) is 0 Å². The van der Waals surface area contributed by atoms with Gasteiger partial charge in [-0.2, -0.15) is 0 Å². The Labute approximate surface area is 323 Å². The maximum absolute atomic E-state index is 12.4. The van der Waals surface area contributed by atoms with Crippen LogP contribution in [0, 0.1) is 0 Å². The third-order valence-corrected chi connectivity index (χ3v) is 9.39. The van der Waals surface area contributed by atoms with Gasteiger partial charge >= 0.3 is 19.8 Å². The fourth-order valence-corrected chi connectivity index (χ4v) is 6.12. The number of allylic oxidation sites excluding steroid dienone is 8. The molecule has 0 radical (unpaired) electrons. The van der Waals surface area contributed by atoms with Crippen molar-refractivity contribution in [2.75, 3.05) is 19.8 Å². The lowest BCUT2D eigenvalue weighted by Gasteiger charge is -2.18. The van der Waals surface area contributed by atoms with Gasteiger partial charge < -0.3 is 24.4 Å². The van der Waals surface area contributed by atoms with Crippen LogP contribution in [0.5, 0.6) is 0 Å². The van der Waals surface area contributed by atoms with Crippen molar-refractivity contribution in [3.8, 4) is 0 Å². The molecule has 0 saturated carbocycles. The summed E-state index contributed by atoms with van der Waals surface area (Å²) in [5, 5.41) is 8.77. The predicted octanol–water partition coefficient (Wildman–Crippen LogP) is 11.7. The van der Waals surface area contributed by atoms with Gasteiger partial charge in [-0.1, -0.05) is 165 Å². The van der Waals surface area contributed by atoms with Crippen molar-refractivity contribution < 1.29 is 43.0 Å². The number of carbonyl (C=O) groups excluding carboxylic acids is 2. The van der Waals surface area contributed by atoms with Crippen LogP contribution >= 0.6 is 7.82 Å². The first-order chi connectivity index (χ1) is 25.8. The number of ether oxygens (including phenoxy) is 2. The highest BCUT2D eigenvalue weighted by atomic mass is 31.2. The van der Waals surface area contributed by atoms with E-state index < -0.39 is 32.5 Å². The fourth-order valence-electron chi connectivity index (χ4n) is 5.76. The second-order valence-corrected chi connectivity index (χ2v) is 15.3. The molecule has 0 spiro atoms. The Kier molecular flexibility index (Phi) is 38.1. The standard InChI is InChI=1S/C43H77O9P/c1-2-3-4-5-6-7-8-9-10-12-16-19-22-25-28-31-34-37-43(46)52-41(40-51-53(47,48)49)39-50-42(45)36-33-30-27-24-21-18-15-13-11-14-17-20-23-26-29-32-35-38-44/h11,14-15,18,20,23-24,27,41,44H,2-10,12-13,16-17,19,21-22,25-26,28-40H2,1H3,(H2,47,48,49)/b14-11-,18-15-,23-20-,27-24-/t41-/m1/s1. The number of phosphoric acid groups is 1. The molecule has 0 saturated heterocycles. The number of hydrogen-bond acceptors (Lipinski definition) is 7. The first-order valence-corrected chi connectivity index (χ1v) is 22.6. The third-order valence-electron chi connectivity index (χ3n) is 8.91. The van der Waals surface area contributed by atoms with Gasteiger partial charge in [0.15, 0.2) is 6.10 Å². The van der Waals surface area contributed by atoms with E-state index in [2.05, 4.69) is 54.0 Å². The van der Waals surface area contributed by atoms with Gasteiger partial charge in [0.1, 0.15) is 6.61 Å². The van der Waals surface area contributed by atoms with Gasteiger partial charge in [-0.3, -0.25) is 14.1 Å². The highest BCUT2D eigenvalue weighted by molar-refractivity contribution is 7.46. The second-order valence-electron chi connectivity index (χ2n) is 14.0. The van der Waals surface area contributed by atoms with Crippen molar-refractivity contribution in [1.82, 2.24) is 0 Å². The molecule has 308 valence electrons.